The predicted molar refractivity (Wildman–Crippen MR) is 80.9 cm³/mol. The van der Waals surface area contributed by atoms with E-state index >= 15 is 0 Å². The minimum absolute atomic E-state index is 0.106. The zero-order valence-electron chi connectivity index (χ0n) is 11.1. The van der Waals surface area contributed by atoms with Crippen molar-refractivity contribution in [2.45, 2.75) is 6.92 Å². The summed E-state index contributed by atoms with van der Waals surface area (Å²) in [7, 11) is 0. The van der Waals surface area contributed by atoms with Gasteiger partial charge in [-0.25, -0.2) is 0 Å². The number of benzene rings is 2. The lowest BCUT2D eigenvalue weighted by molar-refractivity contribution is 0.102. The van der Waals surface area contributed by atoms with E-state index in [-0.39, 0.29) is 5.91 Å². The highest BCUT2D eigenvalue weighted by Crippen LogP contribution is 2.21. The maximum Gasteiger partial charge on any atom is 0.255 e. The normalized spacial score (nSPS) is 10.4. The van der Waals surface area contributed by atoms with Gasteiger partial charge in [-0.2, -0.15) is 0 Å². The summed E-state index contributed by atoms with van der Waals surface area (Å²) in [5.74, 6) is -0.106. The summed E-state index contributed by atoms with van der Waals surface area (Å²) in [6.45, 7) is 1.97. The molecule has 3 rings (SSSR count). The molecule has 3 aromatic rings. The highest BCUT2D eigenvalue weighted by atomic mass is 16.1. The smallest absolute Gasteiger partial charge is 0.255 e. The molecule has 3 nitrogen and oxygen atoms in total. The monoisotopic (exact) mass is 262 g/mol. The number of para-hydroxylation sites is 1. The first-order chi connectivity index (χ1) is 9.74. The zero-order valence-corrected chi connectivity index (χ0v) is 11.1. The molecule has 0 saturated carbocycles. The van der Waals surface area contributed by atoms with Crippen LogP contribution in [-0.2, 0) is 0 Å². The van der Waals surface area contributed by atoms with Gasteiger partial charge in [0, 0.05) is 17.1 Å². The van der Waals surface area contributed by atoms with Crippen LogP contribution in [0.5, 0.6) is 0 Å². The van der Waals surface area contributed by atoms with E-state index < -0.39 is 0 Å². The third kappa shape index (κ3) is 2.38. The Morgan fingerprint density at radius 3 is 2.75 bits per heavy atom. The Kier molecular flexibility index (Phi) is 3.17. The average molecular weight is 262 g/mol. The lowest BCUT2D eigenvalue weighted by Crippen LogP contribution is -2.12. The van der Waals surface area contributed by atoms with E-state index in [1.165, 1.54) is 0 Å². The number of hydrogen-bond donors (Lipinski definition) is 1. The first kappa shape index (κ1) is 12.4. The molecule has 1 amide bonds. The molecule has 3 heteroatoms. The third-order valence-corrected chi connectivity index (χ3v) is 3.18. The van der Waals surface area contributed by atoms with Crippen LogP contribution in [0.4, 0.5) is 5.69 Å². The van der Waals surface area contributed by atoms with E-state index in [1.54, 1.807) is 6.20 Å². The van der Waals surface area contributed by atoms with Crippen molar-refractivity contribution in [2.24, 2.45) is 0 Å². The Hall–Kier alpha value is -2.68. The number of carbonyl (C=O) groups is 1. The van der Waals surface area contributed by atoms with Crippen molar-refractivity contribution in [1.82, 2.24) is 4.98 Å². The molecule has 0 spiro atoms. The summed E-state index contributed by atoms with van der Waals surface area (Å²) in [4.78, 5) is 16.6. The molecule has 0 saturated heterocycles. The van der Waals surface area contributed by atoms with Gasteiger partial charge in [0.15, 0.2) is 0 Å². The molecule has 0 aliphatic carbocycles. The number of aromatic nitrogens is 1. The third-order valence-electron chi connectivity index (χ3n) is 3.18. The molecule has 20 heavy (non-hydrogen) atoms. The topological polar surface area (TPSA) is 42.0 Å². The van der Waals surface area contributed by atoms with Crippen LogP contribution in [0.25, 0.3) is 10.9 Å². The maximum absolute atomic E-state index is 12.3. The predicted octanol–water partition coefficient (Wildman–Crippen LogP) is 3.80. The molecule has 0 aliphatic heterocycles. The molecular weight excluding hydrogens is 248 g/mol. The fourth-order valence-electron chi connectivity index (χ4n) is 2.19. The van der Waals surface area contributed by atoms with Crippen LogP contribution in [0.2, 0.25) is 0 Å². The van der Waals surface area contributed by atoms with Gasteiger partial charge in [-0.1, -0.05) is 35.9 Å². The molecule has 0 unspecified atom stereocenters. The van der Waals surface area contributed by atoms with Crippen LogP contribution in [-0.4, -0.2) is 10.9 Å². The number of carbonyl (C=O) groups excluding carboxylic acids is 1. The minimum Gasteiger partial charge on any atom is -0.321 e. The first-order valence-corrected chi connectivity index (χ1v) is 6.46. The van der Waals surface area contributed by atoms with Crippen LogP contribution < -0.4 is 5.32 Å². The van der Waals surface area contributed by atoms with E-state index in [9.17, 15) is 4.79 Å². The fourth-order valence-corrected chi connectivity index (χ4v) is 2.19. The summed E-state index contributed by atoms with van der Waals surface area (Å²) in [6.07, 6.45) is 1.70. The Morgan fingerprint density at radius 2 is 1.90 bits per heavy atom. The zero-order chi connectivity index (χ0) is 13.9. The van der Waals surface area contributed by atoms with E-state index in [2.05, 4.69) is 10.3 Å². The number of fused-ring (bicyclic) bond motifs is 1. The summed E-state index contributed by atoms with van der Waals surface area (Å²) < 4.78 is 0. The van der Waals surface area contributed by atoms with Crippen molar-refractivity contribution >= 4 is 22.5 Å². The van der Waals surface area contributed by atoms with E-state index in [0.29, 0.717) is 5.56 Å². The Morgan fingerprint density at radius 1 is 1.05 bits per heavy atom. The second kappa shape index (κ2) is 5.13. The highest BCUT2D eigenvalue weighted by molar-refractivity contribution is 6.08. The Balaban J connectivity index is 1.95. The molecule has 0 radical (unpaired) electrons. The van der Waals surface area contributed by atoms with Crippen LogP contribution in [0.1, 0.15) is 15.9 Å². The lowest BCUT2D eigenvalue weighted by Gasteiger charge is -2.08. The Labute approximate surface area is 117 Å². The van der Waals surface area contributed by atoms with Gasteiger partial charge in [0.1, 0.15) is 0 Å². The minimum atomic E-state index is -0.106. The summed E-state index contributed by atoms with van der Waals surface area (Å²) in [6, 6.07) is 17.1. The van der Waals surface area contributed by atoms with Gasteiger partial charge in [-0.3, -0.25) is 9.78 Å². The molecule has 2 aromatic carbocycles. The number of aryl methyl sites for hydroxylation is 1. The van der Waals surface area contributed by atoms with Gasteiger partial charge in [-0.05, 0) is 31.2 Å². The van der Waals surface area contributed by atoms with Gasteiger partial charge >= 0.3 is 0 Å². The van der Waals surface area contributed by atoms with Crippen LogP contribution in [0.15, 0.2) is 60.8 Å². The van der Waals surface area contributed by atoms with Gasteiger partial charge < -0.3 is 5.32 Å². The second-order valence-corrected chi connectivity index (χ2v) is 4.70. The lowest BCUT2D eigenvalue weighted by atomic mass is 10.1. The summed E-state index contributed by atoms with van der Waals surface area (Å²) in [5.41, 5.74) is 3.37. The van der Waals surface area contributed by atoms with Crippen LogP contribution >= 0.6 is 0 Å². The van der Waals surface area contributed by atoms with Crippen LogP contribution in [0, 0.1) is 6.92 Å². The molecule has 1 N–H and O–H groups in total. The standard InChI is InChI=1S/C17H14N2O/c1-12-5-4-6-13(11-12)17(20)19-16-9-10-18-15-8-3-2-7-14(15)16/h2-11H,1H3,(H,18,19,20). The number of anilines is 1. The van der Waals surface area contributed by atoms with Gasteiger partial charge in [0.2, 0.25) is 0 Å². The quantitative estimate of drug-likeness (QED) is 0.763. The average Bonchev–Trinajstić information content (AvgIpc) is 2.47. The molecule has 0 bridgehead atoms. The number of rotatable bonds is 2. The molecular formula is C17H14N2O. The fraction of sp³-hybridized carbons (Fsp3) is 0.0588. The summed E-state index contributed by atoms with van der Waals surface area (Å²) >= 11 is 0. The summed E-state index contributed by atoms with van der Waals surface area (Å²) in [5, 5.41) is 3.89. The molecule has 1 aromatic heterocycles. The van der Waals surface area contributed by atoms with Crippen LogP contribution in [0.3, 0.4) is 0 Å². The largest absolute Gasteiger partial charge is 0.321 e. The van der Waals surface area contributed by atoms with Gasteiger partial charge in [0.25, 0.3) is 5.91 Å². The van der Waals surface area contributed by atoms with Crippen molar-refractivity contribution in [3.05, 3.63) is 71.9 Å². The van der Waals surface area contributed by atoms with Crippen molar-refractivity contribution in [3.63, 3.8) is 0 Å². The first-order valence-electron chi connectivity index (χ1n) is 6.46. The molecule has 0 atom stereocenters. The number of hydrogen-bond acceptors (Lipinski definition) is 2. The van der Waals surface area contributed by atoms with Gasteiger partial charge in [0.05, 0.1) is 11.2 Å². The SMILES string of the molecule is Cc1cccc(C(=O)Nc2ccnc3ccccc23)c1. The second-order valence-electron chi connectivity index (χ2n) is 4.70. The molecule has 0 aliphatic rings. The Bertz CT molecular complexity index is 775. The number of amides is 1. The number of pyridine rings is 1. The molecule has 0 fully saturated rings. The van der Waals surface area contributed by atoms with Crippen molar-refractivity contribution in [3.8, 4) is 0 Å². The van der Waals surface area contributed by atoms with Gasteiger partial charge in [-0.15, -0.1) is 0 Å². The molecule has 98 valence electrons. The number of nitrogens with zero attached hydrogens (tertiary/aromatic N) is 1. The van der Waals surface area contributed by atoms with E-state index in [0.717, 1.165) is 22.2 Å². The van der Waals surface area contributed by atoms with Crippen molar-refractivity contribution in [1.29, 1.82) is 0 Å². The van der Waals surface area contributed by atoms with Crippen molar-refractivity contribution < 1.29 is 4.79 Å². The van der Waals surface area contributed by atoms with E-state index in [4.69, 9.17) is 0 Å². The molecule has 1 heterocycles. The van der Waals surface area contributed by atoms with E-state index in [1.807, 2.05) is 61.5 Å². The highest BCUT2D eigenvalue weighted by Gasteiger charge is 2.08. The van der Waals surface area contributed by atoms with Crippen molar-refractivity contribution in [2.75, 3.05) is 5.32 Å². The maximum atomic E-state index is 12.3. The number of nitrogens with one attached hydrogen (secondary N) is 1.